The normalized spacial score (nSPS) is 14.1. The zero-order chi connectivity index (χ0) is 27.6. The summed E-state index contributed by atoms with van der Waals surface area (Å²) in [6, 6.07) is 22.1. The van der Waals surface area contributed by atoms with E-state index in [1.165, 1.54) is 6.07 Å². The molecule has 0 aliphatic carbocycles. The molecule has 3 aromatic carbocycles. The minimum atomic E-state index is -4.41. The van der Waals surface area contributed by atoms with E-state index in [4.69, 9.17) is 0 Å². The maximum absolute atomic E-state index is 13.4. The summed E-state index contributed by atoms with van der Waals surface area (Å²) in [5, 5.41) is 19.5. The number of carbonyl (C=O) groups excluding carboxylic acids is 1. The molecule has 9 heteroatoms. The van der Waals surface area contributed by atoms with Crippen LogP contribution in [-0.2, 0) is 6.18 Å². The molecular weight excluding hydrogens is 507 g/mol. The van der Waals surface area contributed by atoms with E-state index in [0.717, 1.165) is 23.3 Å². The zero-order valence-electron chi connectivity index (χ0n) is 20.8. The lowest BCUT2D eigenvalue weighted by atomic mass is 9.87. The number of benzene rings is 3. The van der Waals surface area contributed by atoms with Gasteiger partial charge in [0, 0.05) is 43.6 Å². The lowest BCUT2D eigenvalue weighted by molar-refractivity contribution is -0.137. The summed E-state index contributed by atoms with van der Waals surface area (Å²) in [6.45, 7) is 1.56. The van der Waals surface area contributed by atoms with Gasteiger partial charge in [-0.15, -0.1) is 0 Å². The van der Waals surface area contributed by atoms with Crippen LogP contribution in [0, 0.1) is 0 Å². The Balaban J connectivity index is 1.35. The third kappa shape index (κ3) is 5.82. The summed E-state index contributed by atoms with van der Waals surface area (Å²) in [5.74, 6) is -0.275. The second-order valence-electron chi connectivity index (χ2n) is 9.41. The molecular formula is C30H26F3N3O3. The molecule has 0 bridgehead atoms. The van der Waals surface area contributed by atoms with Gasteiger partial charge in [-0.2, -0.15) is 13.2 Å². The van der Waals surface area contributed by atoms with Crippen LogP contribution < -0.4 is 4.90 Å². The van der Waals surface area contributed by atoms with Gasteiger partial charge in [-0.3, -0.25) is 9.78 Å². The van der Waals surface area contributed by atoms with Gasteiger partial charge in [-0.1, -0.05) is 30.3 Å². The molecule has 0 atom stereocenters. The third-order valence-corrected chi connectivity index (χ3v) is 6.88. The predicted octanol–water partition coefficient (Wildman–Crippen LogP) is 5.65. The number of anilines is 1. The van der Waals surface area contributed by atoms with Gasteiger partial charge in [0.2, 0.25) is 0 Å². The summed E-state index contributed by atoms with van der Waals surface area (Å²) >= 11 is 0. The van der Waals surface area contributed by atoms with Crippen molar-refractivity contribution < 1.29 is 28.2 Å². The van der Waals surface area contributed by atoms with Crippen LogP contribution in [0.15, 0.2) is 91.1 Å². The van der Waals surface area contributed by atoms with Crippen LogP contribution in [0.2, 0.25) is 0 Å². The minimum absolute atomic E-state index is 0.129. The summed E-state index contributed by atoms with van der Waals surface area (Å²) < 4.78 is 39.4. The van der Waals surface area contributed by atoms with E-state index in [-0.39, 0.29) is 23.3 Å². The molecule has 1 amide bonds. The summed E-state index contributed by atoms with van der Waals surface area (Å²) in [5.41, 5.74) is 2.57. The fourth-order valence-corrected chi connectivity index (χ4v) is 4.84. The van der Waals surface area contributed by atoms with Crippen LogP contribution in [0.3, 0.4) is 0 Å². The fraction of sp³-hybridized carbons (Fsp3) is 0.200. The van der Waals surface area contributed by atoms with Gasteiger partial charge >= 0.3 is 6.18 Å². The van der Waals surface area contributed by atoms with E-state index >= 15 is 0 Å². The minimum Gasteiger partial charge on any atom is -0.508 e. The van der Waals surface area contributed by atoms with Crippen LogP contribution in [0.4, 0.5) is 18.9 Å². The van der Waals surface area contributed by atoms with Crippen LogP contribution in [-0.4, -0.2) is 52.2 Å². The van der Waals surface area contributed by atoms with Gasteiger partial charge in [0.1, 0.15) is 11.5 Å². The molecule has 1 aliphatic rings. The first-order valence-electron chi connectivity index (χ1n) is 12.4. The lowest BCUT2D eigenvalue weighted by Crippen LogP contribution is -2.48. The number of hydrogen-bond acceptors (Lipinski definition) is 5. The number of nitrogens with zero attached hydrogens (tertiary/aromatic N) is 3. The second-order valence-corrected chi connectivity index (χ2v) is 9.41. The van der Waals surface area contributed by atoms with Crippen molar-refractivity contribution in [2.75, 3.05) is 31.1 Å². The van der Waals surface area contributed by atoms with Crippen LogP contribution >= 0.6 is 0 Å². The highest BCUT2D eigenvalue weighted by atomic mass is 19.4. The van der Waals surface area contributed by atoms with E-state index in [0.29, 0.717) is 43.1 Å². The Morgan fingerprint density at radius 1 is 0.795 bits per heavy atom. The SMILES string of the molecule is O=C(c1ccnc(C(c2ccc(O)cc2)c2ccc(O)cc2)c1)N1CCN(c2cccc(C(F)(F)F)c2)CC1. The largest absolute Gasteiger partial charge is 0.508 e. The maximum atomic E-state index is 13.4. The second kappa shape index (κ2) is 10.7. The third-order valence-electron chi connectivity index (χ3n) is 6.88. The molecule has 1 aliphatic heterocycles. The number of hydrogen-bond donors (Lipinski definition) is 2. The zero-order valence-corrected chi connectivity index (χ0v) is 20.8. The summed E-state index contributed by atoms with van der Waals surface area (Å²) in [6.07, 6.45) is -2.83. The van der Waals surface area contributed by atoms with E-state index in [1.54, 1.807) is 77.8 Å². The fourth-order valence-electron chi connectivity index (χ4n) is 4.84. The molecule has 200 valence electrons. The van der Waals surface area contributed by atoms with Crippen molar-refractivity contribution in [1.29, 1.82) is 0 Å². The van der Waals surface area contributed by atoms with Crippen molar-refractivity contribution in [1.82, 2.24) is 9.88 Å². The highest BCUT2D eigenvalue weighted by molar-refractivity contribution is 5.94. The summed E-state index contributed by atoms with van der Waals surface area (Å²) in [4.78, 5) is 21.5. The molecule has 0 saturated carbocycles. The maximum Gasteiger partial charge on any atom is 0.416 e. The standard InChI is InChI=1S/C30H26F3N3O3/c31-30(32,33)23-2-1-3-24(19-23)35-14-16-36(17-15-35)29(39)22-12-13-34-27(18-22)28(20-4-8-25(37)9-5-20)21-6-10-26(38)11-7-21/h1-13,18-19,28,37-38H,14-17H2. The smallest absolute Gasteiger partial charge is 0.416 e. The number of phenolic OH excluding ortho intramolecular Hbond substituents is 2. The van der Waals surface area contributed by atoms with Gasteiger partial charge in [0.25, 0.3) is 5.91 Å². The molecule has 0 radical (unpaired) electrons. The van der Waals surface area contributed by atoms with Crippen LogP contribution in [0.1, 0.15) is 38.7 Å². The molecule has 39 heavy (non-hydrogen) atoms. The van der Waals surface area contributed by atoms with Crippen molar-refractivity contribution in [3.63, 3.8) is 0 Å². The van der Waals surface area contributed by atoms with Crippen LogP contribution in [0.25, 0.3) is 0 Å². The van der Waals surface area contributed by atoms with Crippen molar-refractivity contribution >= 4 is 11.6 Å². The van der Waals surface area contributed by atoms with E-state index in [9.17, 15) is 28.2 Å². The average Bonchev–Trinajstić information content (AvgIpc) is 2.95. The number of carbonyl (C=O) groups is 1. The molecule has 2 N–H and O–H groups in total. The molecule has 1 aromatic heterocycles. The number of rotatable bonds is 5. The quantitative estimate of drug-likeness (QED) is 0.347. The van der Waals surface area contributed by atoms with Crippen LogP contribution in [0.5, 0.6) is 11.5 Å². The first-order chi connectivity index (χ1) is 18.7. The van der Waals surface area contributed by atoms with E-state index in [2.05, 4.69) is 4.98 Å². The number of piperazine rings is 1. The molecule has 0 unspecified atom stereocenters. The number of alkyl halides is 3. The molecule has 2 heterocycles. The average molecular weight is 534 g/mol. The number of aromatic hydroxyl groups is 2. The highest BCUT2D eigenvalue weighted by Crippen LogP contribution is 2.34. The number of pyridine rings is 1. The van der Waals surface area contributed by atoms with Gasteiger partial charge < -0.3 is 20.0 Å². The van der Waals surface area contributed by atoms with Gasteiger partial charge in [0.05, 0.1) is 17.2 Å². The number of halogens is 3. The molecule has 4 aromatic rings. The van der Waals surface area contributed by atoms with Gasteiger partial charge in [-0.25, -0.2) is 0 Å². The first-order valence-corrected chi connectivity index (χ1v) is 12.4. The summed E-state index contributed by atoms with van der Waals surface area (Å²) in [7, 11) is 0. The van der Waals surface area contributed by atoms with E-state index < -0.39 is 11.7 Å². The topological polar surface area (TPSA) is 76.9 Å². The van der Waals surface area contributed by atoms with Crippen molar-refractivity contribution in [2.24, 2.45) is 0 Å². The first kappa shape index (κ1) is 26.1. The molecule has 5 rings (SSSR count). The monoisotopic (exact) mass is 533 g/mol. The highest BCUT2D eigenvalue weighted by Gasteiger charge is 2.31. The van der Waals surface area contributed by atoms with Gasteiger partial charge in [0.15, 0.2) is 0 Å². The Morgan fingerprint density at radius 3 is 1.95 bits per heavy atom. The number of amides is 1. The molecule has 6 nitrogen and oxygen atoms in total. The predicted molar refractivity (Wildman–Crippen MR) is 141 cm³/mol. The Hall–Kier alpha value is -4.53. The lowest BCUT2D eigenvalue weighted by Gasteiger charge is -2.36. The van der Waals surface area contributed by atoms with Crippen molar-refractivity contribution in [2.45, 2.75) is 12.1 Å². The number of phenols is 2. The molecule has 1 fully saturated rings. The van der Waals surface area contributed by atoms with Crippen molar-refractivity contribution in [3.05, 3.63) is 119 Å². The Kier molecular flexibility index (Phi) is 7.15. The molecule has 0 spiro atoms. The Bertz CT molecular complexity index is 1400. The number of aromatic nitrogens is 1. The Morgan fingerprint density at radius 2 is 1.38 bits per heavy atom. The van der Waals surface area contributed by atoms with E-state index in [1.807, 2.05) is 4.90 Å². The van der Waals surface area contributed by atoms with Gasteiger partial charge in [-0.05, 0) is 65.7 Å². The Labute approximate surface area is 223 Å². The van der Waals surface area contributed by atoms with Crippen molar-refractivity contribution in [3.8, 4) is 11.5 Å². The molecule has 1 saturated heterocycles.